The summed E-state index contributed by atoms with van der Waals surface area (Å²) in [7, 11) is 2.05. The first kappa shape index (κ1) is 11.7. The van der Waals surface area contributed by atoms with Gasteiger partial charge >= 0.3 is 0 Å². The summed E-state index contributed by atoms with van der Waals surface area (Å²) in [6.07, 6.45) is 1.15. The molecule has 1 atom stereocenters. The number of nitrogens with two attached hydrogens (primary N) is 1. The highest BCUT2D eigenvalue weighted by atomic mass is 16.6. The Kier molecular flexibility index (Phi) is 3.17. The highest BCUT2D eigenvalue weighted by Crippen LogP contribution is 2.28. The SMILES string of the molecule is CCC(C)CN(C)c1ccc(N)c2nonc12. The van der Waals surface area contributed by atoms with E-state index < -0.39 is 0 Å². The second-order valence-electron chi connectivity index (χ2n) is 4.53. The summed E-state index contributed by atoms with van der Waals surface area (Å²) in [5.41, 5.74) is 8.79. The second-order valence-corrected chi connectivity index (χ2v) is 4.53. The third kappa shape index (κ3) is 2.18. The van der Waals surface area contributed by atoms with Crippen LogP contribution in [0.5, 0.6) is 0 Å². The molecule has 0 amide bonds. The zero-order valence-corrected chi connectivity index (χ0v) is 10.5. The van der Waals surface area contributed by atoms with Crippen molar-refractivity contribution in [3.63, 3.8) is 0 Å². The molecule has 1 unspecified atom stereocenters. The van der Waals surface area contributed by atoms with E-state index >= 15 is 0 Å². The molecule has 1 heterocycles. The van der Waals surface area contributed by atoms with Gasteiger partial charge in [-0.2, -0.15) is 0 Å². The van der Waals surface area contributed by atoms with Gasteiger partial charge in [0, 0.05) is 13.6 Å². The van der Waals surface area contributed by atoms with Gasteiger partial charge < -0.3 is 10.6 Å². The molecule has 0 spiro atoms. The maximum Gasteiger partial charge on any atom is 0.160 e. The van der Waals surface area contributed by atoms with E-state index in [0.29, 0.717) is 17.1 Å². The lowest BCUT2D eigenvalue weighted by Crippen LogP contribution is -2.23. The average molecular weight is 234 g/mol. The number of rotatable bonds is 4. The highest BCUT2D eigenvalue weighted by Gasteiger charge is 2.14. The molecule has 0 radical (unpaired) electrons. The van der Waals surface area contributed by atoms with E-state index in [2.05, 4.69) is 29.1 Å². The molecule has 5 heteroatoms. The molecule has 0 aliphatic rings. The molecule has 0 aliphatic carbocycles. The van der Waals surface area contributed by atoms with Gasteiger partial charge in [-0.1, -0.05) is 20.3 Å². The summed E-state index contributed by atoms with van der Waals surface area (Å²) >= 11 is 0. The predicted molar refractivity (Wildman–Crippen MR) is 68.9 cm³/mol. The molecule has 2 rings (SSSR count). The molecule has 0 bridgehead atoms. The third-order valence-electron chi connectivity index (χ3n) is 3.12. The first-order chi connectivity index (χ1) is 8.13. The number of fused-ring (bicyclic) bond motifs is 1. The molecule has 2 aromatic rings. The fraction of sp³-hybridized carbons (Fsp3) is 0.500. The van der Waals surface area contributed by atoms with Crippen molar-refractivity contribution >= 4 is 22.4 Å². The first-order valence-electron chi connectivity index (χ1n) is 5.85. The van der Waals surface area contributed by atoms with Crippen molar-refractivity contribution in [1.29, 1.82) is 0 Å². The third-order valence-corrected chi connectivity index (χ3v) is 3.12. The van der Waals surface area contributed by atoms with E-state index in [1.165, 1.54) is 0 Å². The Morgan fingerprint density at radius 3 is 2.76 bits per heavy atom. The van der Waals surface area contributed by atoms with Gasteiger partial charge in [-0.15, -0.1) is 0 Å². The molecule has 2 N–H and O–H groups in total. The van der Waals surface area contributed by atoms with E-state index in [1.54, 1.807) is 0 Å². The van der Waals surface area contributed by atoms with Crippen molar-refractivity contribution < 1.29 is 4.63 Å². The van der Waals surface area contributed by atoms with Gasteiger partial charge in [0.1, 0.15) is 0 Å². The summed E-state index contributed by atoms with van der Waals surface area (Å²) in [5.74, 6) is 0.632. The molecule has 1 aromatic carbocycles. The van der Waals surface area contributed by atoms with Crippen LogP contribution in [0.15, 0.2) is 16.8 Å². The largest absolute Gasteiger partial charge is 0.397 e. The highest BCUT2D eigenvalue weighted by molar-refractivity contribution is 5.95. The maximum atomic E-state index is 5.82. The normalized spacial score (nSPS) is 12.9. The lowest BCUT2D eigenvalue weighted by Gasteiger charge is -2.22. The van der Waals surface area contributed by atoms with Crippen molar-refractivity contribution in [2.75, 3.05) is 24.2 Å². The Morgan fingerprint density at radius 1 is 1.35 bits per heavy atom. The Labute approximate surface area is 101 Å². The molecule has 0 saturated carbocycles. The number of aromatic nitrogens is 2. The van der Waals surface area contributed by atoms with Gasteiger partial charge in [-0.05, 0) is 28.4 Å². The van der Waals surface area contributed by atoms with Crippen LogP contribution in [0.25, 0.3) is 11.0 Å². The predicted octanol–water partition coefficient (Wildman–Crippen LogP) is 2.29. The van der Waals surface area contributed by atoms with Crippen LogP contribution in [0.2, 0.25) is 0 Å². The summed E-state index contributed by atoms with van der Waals surface area (Å²) in [5, 5.41) is 7.75. The van der Waals surface area contributed by atoms with Gasteiger partial charge in [0.15, 0.2) is 11.0 Å². The quantitative estimate of drug-likeness (QED) is 0.822. The molecule has 0 fully saturated rings. The van der Waals surface area contributed by atoms with Gasteiger partial charge in [0.2, 0.25) is 0 Å². The summed E-state index contributed by atoms with van der Waals surface area (Å²) in [6, 6.07) is 3.80. The van der Waals surface area contributed by atoms with E-state index in [4.69, 9.17) is 10.4 Å². The van der Waals surface area contributed by atoms with Crippen LogP contribution in [0.4, 0.5) is 11.4 Å². The fourth-order valence-electron chi connectivity index (χ4n) is 1.88. The monoisotopic (exact) mass is 234 g/mol. The molecule has 1 aromatic heterocycles. The van der Waals surface area contributed by atoms with Gasteiger partial charge in [-0.3, -0.25) is 0 Å². The van der Waals surface area contributed by atoms with Crippen molar-refractivity contribution in [3.8, 4) is 0 Å². The number of anilines is 2. The smallest absolute Gasteiger partial charge is 0.160 e. The summed E-state index contributed by atoms with van der Waals surface area (Å²) < 4.78 is 4.76. The topological polar surface area (TPSA) is 68.2 Å². The Hall–Kier alpha value is -1.78. The Balaban J connectivity index is 2.35. The van der Waals surface area contributed by atoms with E-state index in [0.717, 1.165) is 24.2 Å². The molecule has 0 aliphatic heterocycles. The molecule has 17 heavy (non-hydrogen) atoms. The van der Waals surface area contributed by atoms with E-state index in [9.17, 15) is 0 Å². The van der Waals surface area contributed by atoms with Crippen LogP contribution < -0.4 is 10.6 Å². The fourth-order valence-corrected chi connectivity index (χ4v) is 1.88. The zero-order chi connectivity index (χ0) is 12.4. The van der Waals surface area contributed by atoms with Crippen LogP contribution in [0, 0.1) is 5.92 Å². The minimum atomic E-state index is 0.599. The van der Waals surface area contributed by atoms with Crippen LogP contribution in [0.3, 0.4) is 0 Å². The van der Waals surface area contributed by atoms with Gasteiger partial charge in [0.05, 0.1) is 11.4 Å². The summed E-state index contributed by atoms with van der Waals surface area (Å²) in [6.45, 7) is 5.39. The number of hydrogen-bond donors (Lipinski definition) is 1. The molecule has 5 nitrogen and oxygen atoms in total. The van der Waals surface area contributed by atoms with Crippen LogP contribution in [0.1, 0.15) is 20.3 Å². The Morgan fingerprint density at radius 2 is 2.06 bits per heavy atom. The first-order valence-corrected chi connectivity index (χ1v) is 5.85. The van der Waals surface area contributed by atoms with E-state index in [-0.39, 0.29) is 0 Å². The number of benzene rings is 1. The van der Waals surface area contributed by atoms with Gasteiger partial charge in [-0.25, -0.2) is 4.63 Å². The number of nitrogens with zero attached hydrogens (tertiary/aromatic N) is 3. The number of nitrogen functional groups attached to an aromatic ring is 1. The lowest BCUT2D eigenvalue weighted by atomic mass is 10.1. The average Bonchev–Trinajstić information content (AvgIpc) is 2.79. The Bertz CT molecular complexity index is 508. The van der Waals surface area contributed by atoms with Crippen LogP contribution in [-0.2, 0) is 0 Å². The zero-order valence-electron chi connectivity index (χ0n) is 10.5. The van der Waals surface area contributed by atoms with Crippen molar-refractivity contribution in [3.05, 3.63) is 12.1 Å². The van der Waals surface area contributed by atoms with Crippen molar-refractivity contribution in [2.45, 2.75) is 20.3 Å². The molecule has 92 valence electrons. The minimum absolute atomic E-state index is 0.599. The second kappa shape index (κ2) is 4.61. The van der Waals surface area contributed by atoms with Crippen molar-refractivity contribution in [2.24, 2.45) is 5.92 Å². The maximum absolute atomic E-state index is 5.82. The molecular weight excluding hydrogens is 216 g/mol. The van der Waals surface area contributed by atoms with Crippen LogP contribution >= 0.6 is 0 Å². The summed E-state index contributed by atoms with van der Waals surface area (Å²) in [4.78, 5) is 2.17. The van der Waals surface area contributed by atoms with E-state index in [1.807, 2.05) is 19.2 Å². The van der Waals surface area contributed by atoms with Crippen LogP contribution in [-0.4, -0.2) is 23.9 Å². The minimum Gasteiger partial charge on any atom is -0.397 e. The molecular formula is C12H18N4O. The van der Waals surface area contributed by atoms with Gasteiger partial charge in [0.25, 0.3) is 0 Å². The number of hydrogen-bond acceptors (Lipinski definition) is 5. The standard InChI is InChI=1S/C12H18N4O/c1-4-8(2)7-16(3)10-6-5-9(13)11-12(10)15-17-14-11/h5-6,8H,4,7,13H2,1-3H3. The molecule has 0 saturated heterocycles. The lowest BCUT2D eigenvalue weighted by molar-refractivity contribution is 0.315. The van der Waals surface area contributed by atoms with Crippen molar-refractivity contribution in [1.82, 2.24) is 10.3 Å².